The predicted octanol–water partition coefficient (Wildman–Crippen LogP) is 2.61. The third kappa shape index (κ3) is 3.70. The summed E-state index contributed by atoms with van der Waals surface area (Å²) >= 11 is 7.13. The van der Waals surface area contributed by atoms with Crippen LogP contribution >= 0.6 is 23.4 Å². The number of carbonyl (C=O) groups excluding carboxylic acids is 1. The van der Waals surface area contributed by atoms with Crippen molar-refractivity contribution in [2.75, 3.05) is 12.9 Å². The molecule has 0 aromatic heterocycles. The lowest BCUT2D eigenvalue weighted by molar-refractivity contribution is -0.137. The zero-order valence-corrected chi connectivity index (χ0v) is 8.69. The third-order valence-corrected chi connectivity index (χ3v) is 2.64. The van der Waals surface area contributed by atoms with E-state index in [-0.39, 0.29) is 5.97 Å². The molecule has 0 aliphatic heterocycles. The Morgan fingerprint density at radius 2 is 2.08 bits per heavy atom. The Hall–Kier alpha value is -0.670. The lowest BCUT2D eigenvalue weighted by atomic mass is 10.4. The monoisotopic (exact) mass is 216 g/mol. The van der Waals surface area contributed by atoms with Gasteiger partial charge in [0.1, 0.15) is 0 Å². The van der Waals surface area contributed by atoms with Crippen molar-refractivity contribution in [2.45, 2.75) is 4.90 Å². The number of halogens is 1. The largest absolute Gasteiger partial charge is 0.468 e. The lowest BCUT2D eigenvalue weighted by Crippen LogP contribution is -2.02. The van der Waals surface area contributed by atoms with Gasteiger partial charge in [-0.3, -0.25) is 4.79 Å². The second kappa shape index (κ2) is 5.14. The van der Waals surface area contributed by atoms with E-state index in [0.717, 1.165) is 4.90 Å². The molecule has 4 heteroatoms. The number of ether oxygens (including phenoxy) is 1. The Balaban J connectivity index is 2.46. The fraction of sp³-hybridized carbons (Fsp3) is 0.222. The molecule has 1 rings (SSSR count). The molecule has 0 bridgehead atoms. The minimum absolute atomic E-state index is 0.222. The fourth-order valence-electron chi connectivity index (χ4n) is 0.732. The van der Waals surface area contributed by atoms with E-state index in [9.17, 15) is 4.79 Å². The maximum absolute atomic E-state index is 10.8. The van der Waals surface area contributed by atoms with Gasteiger partial charge in [0.2, 0.25) is 0 Å². The number of hydrogen-bond acceptors (Lipinski definition) is 3. The van der Waals surface area contributed by atoms with E-state index in [1.807, 2.05) is 12.1 Å². The molecule has 0 fully saturated rings. The summed E-state index contributed by atoms with van der Waals surface area (Å²) < 4.78 is 4.51. The van der Waals surface area contributed by atoms with Crippen LogP contribution in [-0.2, 0) is 9.53 Å². The maximum Gasteiger partial charge on any atom is 0.315 e. The molecule has 2 nitrogen and oxygen atoms in total. The summed E-state index contributed by atoms with van der Waals surface area (Å²) in [5.74, 6) is 0.109. The smallest absolute Gasteiger partial charge is 0.315 e. The van der Waals surface area contributed by atoms with E-state index in [0.29, 0.717) is 10.8 Å². The quantitative estimate of drug-likeness (QED) is 0.574. The lowest BCUT2D eigenvalue weighted by Gasteiger charge is -1.99. The summed E-state index contributed by atoms with van der Waals surface area (Å²) in [6.45, 7) is 0. The molecule has 1 aromatic rings. The Bertz CT molecular complexity index is 284. The Morgan fingerprint density at radius 3 is 2.62 bits per heavy atom. The van der Waals surface area contributed by atoms with Gasteiger partial charge in [-0.2, -0.15) is 0 Å². The van der Waals surface area contributed by atoms with Gasteiger partial charge in [0.25, 0.3) is 0 Å². The topological polar surface area (TPSA) is 26.3 Å². The number of rotatable bonds is 3. The predicted molar refractivity (Wildman–Crippen MR) is 54.2 cm³/mol. The molecule has 0 amide bonds. The molecule has 0 saturated heterocycles. The summed E-state index contributed by atoms with van der Waals surface area (Å²) in [6, 6.07) is 7.33. The van der Waals surface area contributed by atoms with Crippen molar-refractivity contribution in [2.24, 2.45) is 0 Å². The Labute approximate surface area is 86.2 Å². The number of benzene rings is 1. The van der Waals surface area contributed by atoms with Crippen molar-refractivity contribution < 1.29 is 9.53 Å². The molecule has 0 atom stereocenters. The second-order valence-corrected chi connectivity index (χ2v) is 3.80. The number of thioether (sulfide) groups is 1. The van der Waals surface area contributed by atoms with Gasteiger partial charge in [0.15, 0.2) is 0 Å². The standard InChI is InChI=1S/C9H9ClO2S/c1-12-9(11)6-13-8-4-2-7(10)3-5-8/h2-5H,6H2,1H3. The highest BCUT2D eigenvalue weighted by Gasteiger charge is 2.01. The van der Waals surface area contributed by atoms with E-state index >= 15 is 0 Å². The highest BCUT2D eigenvalue weighted by atomic mass is 35.5. The Morgan fingerprint density at radius 1 is 1.46 bits per heavy atom. The van der Waals surface area contributed by atoms with E-state index in [1.54, 1.807) is 12.1 Å². The van der Waals surface area contributed by atoms with Crippen molar-refractivity contribution in [3.8, 4) is 0 Å². The normalized spacial score (nSPS) is 9.69. The highest BCUT2D eigenvalue weighted by Crippen LogP contribution is 2.19. The molecule has 0 radical (unpaired) electrons. The molecule has 13 heavy (non-hydrogen) atoms. The van der Waals surface area contributed by atoms with Gasteiger partial charge < -0.3 is 4.74 Å². The minimum atomic E-state index is -0.222. The fourth-order valence-corrected chi connectivity index (χ4v) is 1.59. The summed E-state index contributed by atoms with van der Waals surface area (Å²) in [7, 11) is 1.38. The molecule has 0 spiro atoms. The van der Waals surface area contributed by atoms with Gasteiger partial charge in [-0.25, -0.2) is 0 Å². The van der Waals surface area contributed by atoms with Gasteiger partial charge in [0, 0.05) is 9.92 Å². The first-order valence-corrected chi connectivity index (χ1v) is 5.04. The first kappa shape index (κ1) is 10.4. The zero-order valence-electron chi connectivity index (χ0n) is 7.12. The van der Waals surface area contributed by atoms with Crippen molar-refractivity contribution in [1.82, 2.24) is 0 Å². The van der Waals surface area contributed by atoms with Crippen LogP contribution in [0.4, 0.5) is 0 Å². The second-order valence-electron chi connectivity index (χ2n) is 2.32. The summed E-state index contributed by atoms with van der Waals surface area (Å²) in [4.78, 5) is 11.8. The SMILES string of the molecule is COC(=O)CSc1ccc(Cl)cc1. The zero-order chi connectivity index (χ0) is 9.68. The maximum atomic E-state index is 10.8. The molecule has 70 valence electrons. The van der Waals surface area contributed by atoms with Crippen LogP contribution in [0, 0.1) is 0 Å². The molecule has 0 unspecified atom stereocenters. The van der Waals surface area contributed by atoms with E-state index in [1.165, 1.54) is 18.9 Å². The number of methoxy groups -OCH3 is 1. The average Bonchev–Trinajstić information content (AvgIpc) is 2.16. The molecule has 1 aromatic carbocycles. The van der Waals surface area contributed by atoms with E-state index < -0.39 is 0 Å². The number of hydrogen-bond donors (Lipinski definition) is 0. The average molecular weight is 217 g/mol. The summed E-state index contributed by atoms with van der Waals surface area (Å²) in [5.41, 5.74) is 0. The molecular formula is C9H9ClO2S. The minimum Gasteiger partial charge on any atom is -0.468 e. The van der Waals surface area contributed by atoms with Crippen molar-refractivity contribution >= 4 is 29.3 Å². The van der Waals surface area contributed by atoms with Crippen LogP contribution < -0.4 is 0 Å². The van der Waals surface area contributed by atoms with Crippen molar-refractivity contribution in [3.63, 3.8) is 0 Å². The van der Waals surface area contributed by atoms with Crippen LogP contribution in [0.3, 0.4) is 0 Å². The third-order valence-electron chi connectivity index (χ3n) is 1.40. The highest BCUT2D eigenvalue weighted by molar-refractivity contribution is 8.00. The van der Waals surface area contributed by atoms with Gasteiger partial charge >= 0.3 is 5.97 Å². The van der Waals surface area contributed by atoms with Crippen LogP contribution in [0.5, 0.6) is 0 Å². The number of carbonyl (C=O) groups is 1. The van der Waals surface area contributed by atoms with Gasteiger partial charge in [-0.1, -0.05) is 11.6 Å². The summed E-state index contributed by atoms with van der Waals surface area (Å²) in [6.07, 6.45) is 0. The first-order valence-electron chi connectivity index (χ1n) is 3.67. The van der Waals surface area contributed by atoms with E-state index in [2.05, 4.69) is 4.74 Å². The van der Waals surface area contributed by atoms with Crippen LogP contribution in [-0.4, -0.2) is 18.8 Å². The molecule has 0 aliphatic rings. The van der Waals surface area contributed by atoms with Crippen molar-refractivity contribution in [3.05, 3.63) is 29.3 Å². The molecule has 0 aliphatic carbocycles. The van der Waals surface area contributed by atoms with Gasteiger partial charge in [-0.15, -0.1) is 11.8 Å². The molecular weight excluding hydrogens is 208 g/mol. The molecule has 0 N–H and O–H groups in total. The Kier molecular flexibility index (Phi) is 4.12. The molecule has 0 saturated carbocycles. The number of esters is 1. The van der Waals surface area contributed by atoms with Gasteiger partial charge in [-0.05, 0) is 24.3 Å². The molecule has 0 heterocycles. The van der Waals surface area contributed by atoms with Crippen LogP contribution in [0.15, 0.2) is 29.2 Å². The van der Waals surface area contributed by atoms with Crippen LogP contribution in [0.25, 0.3) is 0 Å². The van der Waals surface area contributed by atoms with Crippen LogP contribution in [0.1, 0.15) is 0 Å². The van der Waals surface area contributed by atoms with E-state index in [4.69, 9.17) is 11.6 Å². The van der Waals surface area contributed by atoms with Crippen molar-refractivity contribution in [1.29, 1.82) is 0 Å². The van der Waals surface area contributed by atoms with Crippen LogP contribution in [0.2, 0.25) is 5.02 Å². The summed E-state index contributed by atoms with van der Waals surface area (Å²) in [5, 5.41) is 0.697. The first-order chi connectivity index (χ1) is 6.22. The van der Waals surface area contributed by atoms with Gasteiger partial charge in [0.05, 0.1) is 12.9 Å².